The van der Waals surface area contributed by atoms with Gasteiger partial charge >= 0.3 is 0 Å². The molecule has 0 aliphatic rings. The molecule has 0 saturated heterocycles. The fraction of sp³-hybridized carbons (Fsp3) is 0.400. The highest BCUT2D eigenvalue weighted by Crippen LogP contribution is 2.23. The van der Waals surface area contributed by atoms with Crippen LogP contribution in [-0.2, 0) is 6.54 Å². The molecule has 2 rings (SSSR count). The molecule has 0 unspecified atom stereocenters. The van der Waals surface area contributed by atoms with Crippen molar-refractivity contribution < 1.29 is 4.79 Å². The Morgan fingerprint density at radius 2 is 1.88 bits per heavy atom. The molecule has 0 saturated carbocycles. The van der Waals surface area contributed by atoms with Gasteiger partial charge in [0.05, 0.1) is 6.33 Å². The molecular formula is C20H27N3O. The number of benzene rings is 1. The standard InChI is InChI=1S/C20H27N3O/c1-16(14-20(2,3)4)17-6-8-18(9-7-17)19(24)22-10-5-12-23-13-11-21-15-23/h6-9,11,13-15H,5,10,12H2,1-4H3,(H,22,24). The van der Waals surface area contributed by atoms with Crippen molar-refractivity contribution in [3.8, 4) is 0 Å². The van der Waals surface area contributed by atoms with E-state index in [1.807, 2.05) is 35.0 Å². The number of nitrogens with one attached hydrogen (secondary N) is 1. The van der Waals surface area contributed by atoms with Gasteiger partial charge in [0, 0.05) is 31.0 Å². The number of hydrogen-bond acceptors (Lipinski definition) is 2. The Morgan fingerprint density at radius 3 is 2.46 bits per heavy atom. The SMILES string of the molecule is CC(=CC(C)(C)C)c1ccc(C(=O)NCCCn2ccnc2)cc1. The van der Waals surface area contributed by atoms with Crippen LogP contribution in [0.2, 0.25) is 0 Å². The lowest BCUT2D eigenvalue weighted by Crippen LogP contribution is -2.25. The molecule has 1 aromatic heterocycles. The fourth-order valence-electron chi connectivity index (χ4n) is 2.60. The van der Waals surface area contributed by atoms with Crippen molar-refractivity contribution in [3.63, 3.8) is 0 Å². The van der Waals surface area contributed by atoms with Gasteiger partial charge in [-0.3, -0.25) is 4.79 Å². The van der Waals surface area contributed by atoms with Crippen molar-refractivity contribution in [1.82, 2.24) is 14.9 Å². The molecule has 1 heterocycles. The first-order chi connectivity index (χ1) is 11.3. The van der Waals surface area contributed by atoms with Crippen molar-refractivity contribution in [3.05, 3.63) is 60.2 Å². The van der Waals surface area contributed by atoms with Gasteiger partial charge in [-0.25, -0.2) is 4.98 Å². The first-order valence-corrected chi connectivity index (χ1v) is 8.39. The van der Waals surface area contributed by atoms with E-state index in [4.69, 9.17) is 0 Å². The quantitative estimate of drug-likeness (QED) is 0.811. The van der Waals surface area contributed by atoms with Crippen molar-refractivity contribution >= 4 is 11.5 Å². The molecule has 4 nitrogen and oxygen atoms in total. The third kappa shape index (κ3) is 5.69. The molecule has 1 N–H and O–H groups in total. The molecule has 0 atom stereocenters. The maximum Gasteiger partial charge on any atom is 0.251 e. The number of aromatic nitrogens is 2. The van der Waals surface area contributed by atoms with Crippen molar-refractivity contribution in [2.45, 2.75) is 40.7 Å². The Bertz CT molecular complexity index is 677. The topological polar surface area (TPSA) is 46.9 Å². The van der Waals surface area contributed by atoms with Crippen LogP contribution >= 0.6 is 0 Å². The van der Waals surface area contributed by atoms with Crippen LogP contribution in [0.1, 0.15) is 50.0 Å². The average molecular weight is 325 g/mol. The molecule has 0 spiro atoms. The molecule has 24 heavy (non-hydrogen) atoms. The summed E-state index contributed by atoms with van der Waals surface area (Å²) in [6, 6.07) is 7.80. The lowest BCUT2D eigenvalue weighted by molar-refractivity contribution is 0.0952. The predicted octanol–water partition coefficient (Wildman–Crippen LogP) is 4.15. The summed E-state index contributed by atoms with van der Waals surface area (Å²) in [6.07, 6.45) is 8.60. The summed E-state index contributed by atoms with van der Waals surface area (Å²) in [6.45, 7) is 10.2. The van der Waals surface area contributed by atoms with Crippen LogP contribution in [0.5, 0.6) is 0 Å². The van der Waals surface area contributed by atoms with Crippen LogP contribution in [0.3, 0.4) is 0 Å². The second-order valence-corrected chi connectivity index (χ2v) is 7.18. The molecule has 128 valence electrons. The van der Waals surface area contributed by atoms with Crippen LogP contribution in [0, 0.1) is 5.41 Å². The normalized spacial score (nSPS) is 12.2. The molecule has 0 aliphatic heterocycles. The van der Waals surface area contributed by atoms with Gasteiger partial charge in [-0.15, -0.1) is 0 Å². The smallest absolute Gasteiger partial charge is 0.251 e. The minimum absolute atomic E-state index is 0.0235. The van der Waals surface area contributed by atoms with Gasteiger partial charge in [-0.2, -0.15) is 0 Å². The van der Waals surface area contributed by atoms with Crippen LogP contribution < -0.4 is 5.32 Å². The highest BCUT2D eigenvalue weighted by atomic mass is 16.1. The van der Waals surface area contributed by atoms with E-state index in [0.717, 1.165) is 18.5 Å². The van der Waals surface area contributed by atoms with Gasteiger partial charge < -0.3 is 9.88 Å². The third-order valence-corrected chi connectivity index (χ3v) is 3.69. The van der Waals surface area contributed by atoms with E-state index in [9.17, 15) is 4.79 Å². The van der Waals surface area contributed by atoms with E-state index >= 15 is 0 Å². The summed E-state index contributed by atoms with van der Waals surface area (Å²) in [5, 5.41) is 2.96. The number of hydrogen-bond donors (Lipinski definition) is 1. The zero-order valence-corrected chi connectivity index (χ0v) is 15.0. The zero-order chi connectivity index (χ0) is 17.6. The third-order valence-electron chi connectivity index (χ3n) is 3.69. The van der Waals surface area contributed by atoms with Crippen molar-refractivity contribution in [2.24, 2.45) is 5.41 Å². The summed E-state index contributed by atoms with van der Waals surface area (Å²) in [4.78, 5) is 16.2. The first kappa shape index (κ1) is 18.0. The molecule has 0 bridgehead atoms. The number of aryl methyl sites for hydroxylation is 1. The molecule has 0 radical (unpaired) electrons. The Hall–Kier alpha value is -2.36. The average Bonchev–Trinajstić information content (AvgIpc) is 3.03. The molecular weight excluding hydrogens is 298 g/mol. The Morgan fingerprint density at radius 1 is 1.21 bits per heavy atom. The van der Waals surface area contributed by atoms with E-state index < -0.39 is 0 Å². The molecule has 1 amide bonds. The van der Waals surface area contributed by atoms with Gasteiger partial charge in [-0.05, 0) is 42.0 Å². The molecule has 0 fully saturated rings. The minimum Gasteiger partial charge on any atom is -0.352 e. The number of rotatable bonds is 6. The van der Waals surface area contributed by atoms with Gasteiger partial charge in [0.2, 0.25) is 0 Å². The molecule has 1 aromatic carbocycles. The molecule has 4 heteroatoms. The predicted molar refractivity (Wildman–Crippen MR) is 98.7 cm³/mol. The van der Waals surface area contributed by atoms with E-state index in [1.54, 1.807) is 12.5 Å². The second kappa shape index (κ2) is 7.95. The number of amides is 1. The van der Waals surface area contributed by atoms with Crippen LogP contribution in [0.25, 0.3) is 5.57 Å². The van der Waals surface area contributed by atoms with Gasteiger partial charge in [0.15, 0.2) is 0 Å². The summed E-state index contributed by atoms with van der Waals surface area (Å²) in [5.74, 6) is -0.0235. The number of carbonyl (C=O) groups excluding carboxylic acids is 1. The number of nitrogens with zero attached hydrogens (tertiary/aromatic N) is 2. The van der Waals surface area contributed by atoms with E-state index in [2.05, 4.69) is 44.1 Å². The van der Waals surface area contributed by atoms with Crippen LogP contribution in [0.15, 0.2) is 49.1 Å². The summed E-state index contributed by atoms with van der Waals surface area (Å²) >= 11 is 0. The fourth-order valence-corrected chi connectivity index (χ4v) is 2.60. The van der Waals surface area contributed by atoms with Crippen molar-refractivity contribution in [2.75, 3.05) is 6.54 Å². The largest absolute Gasteiger partial charge is 0.352 e. The highest BCUT2D eigenvalue weighted by Gasteiger charge is 2.09. The van der Waals surface area contributed by atoms with Crippen LogP contribution in [0.4, 0.5) is 0 Å². The lowest BCUT2D eigenvalue weighted by Gasteiger charge is -2.14. The zero-order valence-electron chi connectivity index (χ0n) is 15.0. The van der Waals surface area contributed by atoms with Gasteiger partial charge in [0.25, 0.3) is 5.91 Å². The molecule has 0 aliphatic carbocycles. The maximum absolute atomic E-state index is 12.2. The number of allylic oxidation sites excluding steroid dienone is 2. The lowest BCUT2D eigenvalue weighted by atomic mass is 9.91. The minimum atomic E-state index is -0.0235. The summed E-state index contributed by atoms with van der Waals surface area (Å²) in [5.41, 5.74) is 3.23. The second-order valence-electron chi connectivity index (χ2n) is 7.18. The Balaban J connectivity index is 1.85. The Labute approximate surface area is 144 Å². The van der Waals surface area contributed by atoms with Crippen molar-refractivity contribution in [1.29, 1.82) is 0 Å². The Kier molecular flexibility index (Phi) is 5.96. The summed E-state index contributed by atoms with van der Waals surface area (Å²) in [7, 11) is 0. The molecule has 2 aromatic rings. The monoisotopic (exact) mass is 325 g/mol. The van der Waals surface area contributed by atoms with E-state index in [0.29, 0.717) is 12.1 Å². The van der Waals surface area contributed by atoms with E-state index in [1.165, 1.54) is 5.57 Å². The summed E-state index contributed by atoms with van der Waals surface area (Å²) < 4.78 is 2.01. The van der Waals surface area contributed by atoms with Crippen LogP contribution in [-0.4, -0.2) is 22.0 Å². The number of carbonyl (C=O) groups is 1. The first-order valence-electron chi connectivity index (χ1n) is 8.39. The number of imidazole rings is 1. The van der Waals surface area contributed by atoms with Gasteiger partial charge in [0.1, 0.15) is 0 Å². The van der Waals surface area contributed by atoms with Gasteiger partial charge in [-0.1, -0.05) is 39.0 Å². The highest BCUT2D eigenvalue weighted by molar-refractivity contribution is 5.94. The maximum atomic E-state index is 12.2. The van der Waals surface area contributed by atoms with E-state index in [-0.39, 0.29) is 11.3 Å².